The Morgan fingerprint density at radius 2 is 1.84 bits per heavy atom. The molecule has 1 aromatic heterocycles. The highest BCUT2D eigenvalue weighted by molar-refractivity contribution is 5.96. The monoisotopic (exact) mass is 334 g/mol. The molecular weight excluding hydrogens is 312 g/mol. The van der Waals surface area contributed by atoms with E-state index in [-0.39, 0.29) is 0 Å². The van der Waals surface area contributed by atoms with Crippen molar-refractivity contribution in [2.75, 3.05) is 5.32 Å². The predicted octanol–water partition coefficient (Wildman–Crippen LogP) is 5.20. The summed E-state index contributed by atoms with van der Waals surface area (Å²) in [5.41, 5.74) is 5.82. The zero-order valence-electron chi connectivity index (χ0n) is 14.3. The lowest BCUT2D eigenvalue weighted by Crippen LogP contribution is -2.14. The number of carbonyl (C=O) groups is 1. The number of hydrogen-bond donors (Lipinski definition) is 3. The molecule has 128 valence electrons. The van der Waals surface area contributed by atoms with E-state index >= 15 is 0 Å². The number of benzene rings is 2. The number of hydrogen-bond acceptors (Lipinski definition) is 2. The molecule has 25 heavy (non-hydrogen) atoms. The molecule has 0 unspecified atom stereocenters. The normalized spacial score (nSPS) is 14.9. The zero-order chi connectivity index (χ0) is 17.4. The Bertz CT molecular complexity index is 919. The van der Waals surface area contributed by atoms with Crippen LogP contribution in [-0.2, 0) is 0 Å². The van der Waals surface area contributed by atoms with E-state index in [4.69, 9.17) is 5.11 Å². The summed E-state index contributed by atoms with van der Waals surface area (Å²) >= 11 is 0. The molecule has 3 aromatic rings. The quantitative estimate of drug-likeness (QED) is 0.614. The van der Waals surface area contributed by atoms with Crippen LogP contribution >= 0.6 is 0 Å². The van der Waals surface area contributed by atoms with E-state index in [9.17, 15) is 4.79 Å². The molecule has 4 nitrogen and oxygen atoms in total. The van der Waals surface area contributed by atoms with Gasteiger partial charge in [0.25, 0.3) is 0 Å². The molecule has 4 rings (SSSR count). The average Bonchev–Trinajstić information content (AvgIpc) is 3.24. The van der Waals surface area contributed by atoms with Gasteiger partial charge in [-0.1, -0.05) is 25.0 Å². The van der Waals surface area contributed by atoms with Crippen LogP contribution in [0.5, 0.6) is 0 Å². The minimum atomic E-state index is -0.901. The fourth-order valence-corrected chi connectivity index (χ4v) is 3.75. The number of aromatic nitrogens is 1. The van der Waals surface area contributed by atoms with Crippen molar-refractivity contribution in [1.82, 2.24) is 4.98 Å². The number of H-pyrrole nitrogens is 1. The van der Waals surface area contributed by atoms with Gasteiger partial charge in [0.15, 0.2) is 0 Å². The molecule has 2 aromatic carbocycles. The molecule has 0 saturated heterocycles. The minimum Gasteiger partial charge on any atom is -0.478 e. The second-order valence-corrected chi connectivity index (χ2v) is 6.97. The maximum absolute atomic E-state index is 11.0. The molecule has 0 aliphatic heterocycles. The first-order valence-corrected chi connectivity index (χ1v) is 8.84. The standard InChI is InChI=1S/C21H22N2O2/c1-13-10-16-12-18(14-6-8-15(9-7-14)21(24)25)23-20(16)19(11-13)22-17-4-2-3-5-17/h6-12,17,22-23H,2-5H2,1H3,(H,24,25). The number of carboxylic acid groups (broad SMARTS) is 1. The fraction of sp³-hybridized carbons (Fsp3) is 0.286. The van der Waals surface area contributed by atoms with E-state index in [0.717, 1.165) is 22.5 Å². The zero-order valence-corrected chi connectivity index (χ0v) is 14.3. The van der Waals surface area contributed by atoms with Crippen LogP contribution in [0, 0.1) is 6.92 Å². The Labute approximate surface area is 146 Å². The molecule has 1 saturated carbocycles. The van der Waals surface area contributed by atoms with Crippen molar-refractivity contribution in [3.8, 4) is 11.3 Å². The lowest BCUT2D eigenvalue weighted by molar-refractivity contribution is 0.0697. The highest BCUT2D eigenvalue weighted by atomic mass is 16.4. The van der Waals surface area contributed by atoms with Crippen LogP contribution in [0.4, 0.5) is 5.69 Å². The number of carboxylic acids is 1. The molecule has 4 heteroatoms. The fourth-order valence-electron chi connectivity index (χ4n) is 3.75. The van der Waals surface area contributed by atoms with Crippen molar-refractivity contribution in [3.63, 3.8) is 0 Å². The molecule has 1 aliphatic carbocycles. The maximum atomic E-state index is 11.0. The van der Waals surface area contributed by atoms with Gasteiger partial charge in [0.1, 0.15) is 0 Å². The van der Waals surface area contributed by atoms with Crippen LogP contribution in [-0.4, -0.2) is 22.1 Å². The smallest absolute Gasteiger partial charge is 0.335 e. The van der Waals surface area contributed by atoms with E-state index < -0.39 is 5.97 Å². The Morgan fingerprint density at radius 1 is 1.12 bits per heavy atom. The van der Waals surface area contributed by atoms with Gasteiger partial charge in [0, 0.05) is 17.1 Å². The topological polar surface area (TPSA) is 65.1 Å². The van der Waals surface area contributed by atoms with E-state index in [0.29, 0.717) is 11.6 Å². The van der Waals surface area contributed by atoms with Crippen molar-refractivity contribution < 1.29 is 9.90 Å². The minimum absolute atomic E-state index is 0.305. The summed E-state index contributed by atoms with van der Waals surface area (Å²) in [5.74, 6) is -0.901. The molecule has 3 N–H and O–H groups in total. The molecule has 1 fully saturated rings. The first-order chi connectivity index (χ1) is 12.1. The second-order valence-electron chi connectivity index (χ2n) is 6.97. The van der Waals surface area contributed by atoms with E-state index in [1.54, 1.807) is 12.1 Å². The van der Waals surface area contributed by atoms with Crippen LogP contribution in [0.2, 0.25) is 0 Å². The lowest BCUT2D eigenvalue weighted by Gasteiger charge is -2.15. The Kier molecular flexibility index (Phi) is 3.96. The van der Waals surface area contributed by atoms with Gasteiger partial charge in [-0.2, -0.15) is 0 Å². The third kappa shape index (κ3) is 3.12. The van der Waals surface area contributed by atoms with Crippen molar-refractivity contribution in [1.29, 1.82) is 0 Å². The van der Waals surface area contributed by atoms with Gasteiger partial charge in [0.05, 0.1) is 16.8 Å². The summed E-state index contributed by atoms with van der Waals surface area (Å²) in [4.78, 5) is 14.5. The SMILES string of the molecule is Cc1cc(NC2CCCC2)c2[nH]c(-c3ccc(C(=O)O)cc3)cc2c1. The van der Waals surface area contributed by atoms with Gasteiger partial charge in [-0.3, -0.25) is 0 Å². The van der Waals surface area contributed by atoms with Crippen LogP contribution in [0.3, 0.4) is 0 Å². The van der Waals surface area contributed by atoms with Gasteiger partial charge in [-0.05, 0) is 61.2 Å². The van der Waals surface area contributed by atoms with Crippen molar-refractivity contribution in [3.05, 3.63) is 53.6 Å². The molecule has 0 amide bonds. The van der Waals surface area contributed by atoms with Gasteiger partial charge < -0.3 is 15.4 Å². The molecular formula is C21H22N2O2. The predicted molar refractivity (Wildman–Crippen MR) is 101 cm³/mol. The summed E-state index contributed by atoms with van der Waals surface area (Å²) in [6.07, 6.45) is 5.08. The summed E-state index contributed by atoms with van der Waals surface area (Å²) in [6.45, 7) is 2.12. The second kappa shape index (κ2) is 6.28. The summed E-state index contributed by atoms with van der Waals surface area (Å²) < 4.78 is 0. The third-order valence-electron chi connectivity index (χ3n) is 5.03. The summed E-state index contributed by atoms with van der Waals surface area (Å²) in [6, 6.07) is 14.1. The Morgan fingerprint density at radius 3 is 2.52 bits per heavy atom. The lowest BCUT2D eigenvalue weighted by atomic mass is 10.1. The van der Waals surface area contributed by atoms with E-state index in [1.165, 1.54) is 36.6 Å². The molecule has 1 heterocycles. The van der Waals surface area contributed by atoms with Crippen molar-refractivity contribution >= 4 is 22.6 Å². The van der Waals surface area contributed by atoms with Crippen LogP contribution in [0.15, 0.2) is 42.5 Å². The van der Waals surface area contributed by atoms with Crippen LogP contribution in [0.1, 0.15) is 41.6 Å². The van der Waals surface area contributed by atoms with Crippen molar-refractivity contribution in [2.45, 2.75) is 38.6 Å². The number of rotatable bonds is 4. The maximum Gasteiger partial charge on any atom is 0.335 e. The van der Waals surface area contributed by atoms with Crippen LogP contribution < -0.4 is 5.32 Å². The number of aryl methyl sites for hydroxylation is 1. The van der Waals surface area contributed by atoms with Gasteiger partial charge >= 0.3 is 5.97 Å². The third-order valence-corrected chi connectivity index (χ3v) is 5.03. The number of fused-ring (bicyclic) bond motifs is 1. The molecule has 0 spiro atoms. The summed E-state index contributed by atoms with van der Waals surface area (Å²) in [7, 11) is 0. The average molecular weight is 334 g/mol. The number of aromatic amines is 1. The number of anilines is 1. The van der Waals surface area contributed by atoms with Crippen molar-refractivity contribution in [2.24, 2.45) is 0 Å². The molecule has 0 atom stereocenters. The molecule has 1 aliphatic rings. The Balaban J connectivity index is 1.72. The molecule has 0 radical (unpaired) electrons. The van der Waals surface area contributed by atoms with Gasteiger partial charge in [0.2, 0.25) is 0 Å². The number of nitrogens with one attached hydrogen (secondary N) is 2. The molecule has 0 bridgehead atoms. The summed E-state index contributed by atoms with van der Waals surface area (Å²) in [5, 5.41) is 13.9. The first kappa shape index (κ1) is 15.8. The van der Waals surface area contributed by atoms with Crippen LogP contribution in [0.25, 0.3) is 22.2 Å². The van der Waals surface area contributed by atoms with Gasteiger partial charge in [-0.25, -0.2) is 4.79 Å². The van der Waals surface area contributed by atoms with Gasteiger partial charge in [-0.15, -0.1) is 0 Å². The highest BCUT2D eigenvalue weighted by Crippen LogP contribution is 2.32. The number of aromatic carboxylic acids is 1. The Hall–Kier alpha value is -2.75. The van der Waals surface area contributed by atoms with E-state index in [2.05, 4.69) is 35.4 Å². The van der Waals surface area contributed by atoms with E-state index in [1.807, 2.05) is 12.1 Å². The first-order valence-electron chi connectivity index (χ1n) is 8.84. The largest absolute Gasteiger partial charge is 0.478 e. The highest BCUT2D eigenvalue weighted by Gasteiger charge is 2.17.